The van der Waals surface area contributed by atoms with Gasteiger partial charge in [0.2, 0.25) is 5.91 Å². The SMILES string of the molecule is N#CCC(=O)NC1COC1. The number of nitrogens with one attached hydrogen (secondary N) is 1. The van der Waals surface area contributed by atoms with Crippen LogP contribution in [0.5, 0.6) is 0 Å². The fourth-order valence-electron chi connectivity index (χ4n) is 0.670. The van der Waals surface area contributed by atoms with Gasteiger partial charge in [0.1, 0.15) is 6.42 Å². The van der Waals surface area contributed by atoms with E-state index in [9.17, 15) is 4.79 Å². The first kappa shape index (κ1) is 7.03. The second-order valence-electron chi connectivity index (χ2n) is 2.14. The lowest BCUT2D eigenvalue weighted by atomic mass is 10.2. The van der Waals surface area contributed by atoms with Crippen molar-refractivity contribution in [3.05, 3.63) is 0 Å². The first-order valence-electron chi connectivity index (χ1n) is 3.07. The zero-order chi connectivity index (χ0) is 7.40. The van der Waals surface area contributed by atoms with E-state index >= 15 is 0 Å². The van der Waals surface area contributed by atoms with Gasteiger partial charge in [-0.05, 0) is 0 Å². The van der Waals surface area contributed by atoms with Crippen LogP contribution in [0.2, 0.25) is 0 Å². The molecule has 4 nitrogen and oxygen atoms in total. The molecule has 1 fully saturated rings. The van der Waals surface area contributed by atoms with Gasteiger partial charge in [0.15, 0.2) is 0 Å². The van der Waals surface area contributed by atoms with Crippen molar-refractivity contribution in [1.82, 2.24) is 5.32 Å². The molecule has 1 amide bonds. The Kier molecular flexibility index (Phi) is 2.24. The van der Waals surface area contributed by atoms with Crippen molar-refractivity contribution in [2.75, 3.05) is 13.2 Å². The fraction of sp³-hybridized carbons (Fsp3) is 0.667. The van der Waals surface area contributed by atoms with Gasteiger partial charge in [-0.1, -0.05) is 0 Å². The van der Waals surface area contributed by atoms with E-state index in [1.165, 1.54) is 0 Å². The van der Waals surface area contributed by atoms with E-state index in [-0.39, 0.29) is 18.4 Å². The van der Waals surface area contributed by atoms with Gasteiger partial charge in [0.05, 0.1) is 25.3 Å². The van der Waals surface area contributed by atoms with Crippen LogP contribution < -0.4 is 5.32 Å². The summed E-state index contributed by atoms with van der Waals surface area (Å²) in [5.41, 5.74) is 0. The Bertz CT molecular complexity index is 169. The molecule has 1 heterocycles. The highest BCUT2D eigenvalue weighted by molar-refractivity contribution is 5.78. The monoisotopic (exact) mass is 140 g/mol. The number of nitriles is 1. The Labute approximate surface area is 58.8 Å². The number of rotatable bonds is 2. The predicted octanol–water partition coefficient (Wildman–Crippen LogP) is -0.585. The molecule has 1 saturated heterocycles. The lowest BCUT2D eigenvalue weighted by Gasteiger charge is -2.26. The predicted molar refractivity (Wildman–Crippen MR) is 33.0 cm³/mol. The normalized spacial score (nSPS) is 17.1. The van der Waals surface area contributed by atoms with Crippen LogP contribution in [0.4, 0.5) is 0 Å². The van der Waals surface area contributed by atoms with Crippen LogP contribution in [0.3, 0.4) is 0 Å². The average molecular weight is 140 g/mol. The van der Waals surface area contributed by atoms with Gasteiger partial charge in [0.25, 0.3) is 0 Å². The summed E-state index contributed by atoms with van der Waals surface area (Å²) in [6.45, 7) is 1.16. The molecule has 0 radical (unpaired) electrons. The third-order valence-corrected chi connectivity index (χ3v) is 1.24. The molecule has 1 rings (SSSR count). The van der Waals surface area contributed by atoms with Gasteiger partial charge in [0, 0.05) is 0 Å². The van der Waals surface area contributed by atoms with Crippen molar-refractivity contribution in [3.8, 4) is 6.07 Å². The number of amides is 1. The van der Waals surface area contributed by atoms with Crippen molar-refractivity contribution >= 4 is 5.91 Å². The topological polar surface area (TPSA) is 62.1 Å². The molecular formula is C6H8N2O2. The van der Waals surface area contributed by atoms with Gasteiger partial charge < -0.3 is 10.1 Å². The maximum Gasteiger partial charge on any atom is 0.234 e. The number of carbonyl (C=O) groups is 1. The summed E-state index contributed by atoms with van der Waals surface area (Å²) in [4.78, 5) is 10.7. The standard InChI is InChI=1S/C6H8N2O2/c7-2-1-6(9)8-5-3-10-4-5/h5H,1,3-4H2,(H,8,9). The van der Waals surface area contributed by atoms with E-state index < -0.39 is 0 Å². The van der Waals surface area contributed by atoms with Crippen LogP contribution in [-0.4, -0.2) is 25.2 Å². The molecule has 0 aromatic carbocycles. The molecule has 0 saturated carbocycles. The number of ether oxygens (including phenoxy) is 1. The molecule has 1 aliphatic rings. The van der Waals surface area contributed by atoms with Crippen LogP contribution in [0.1, 0.15) is 6.42 Å². The molecule has 0 aromatic rings. The highest BCUT2D eigenvalue weighted by atomic mass is 16.5. The second-order valence-corrected chi connectivity index (χ2v) is 2.14. The Morgan fingerprint density at radius 2 is 2.50 bits per heavy atom. The first-order chi connectivity index (χ1) is 4.83. The summed E-state index contributed by atoms with van der Waals surface area (Å²) in [5.74, 6) is -0.212. The van der Waals surface area contributed by atoms with Crippen LogP contribution in [0, 0.1) is 11.3 Å². The summed E-state index contributed by atoms with van der Waals surface area (Å²) >= 11 is 0. The third-order valence-electron chi connectivity index (χ3n) is 1.24. The highest BCUT2D eigenvalue weighted by Crippen LogP contribution is 1.98. The Morgan fingerprint density at radius 3 is 2.90 bits per heavy atom. The maximum absolute atomic E-state index is 10.7. The highest BCUT2D eigenvalue weighted by Gasteiger charge is 2.19. The van der Waals surface area contributed by atoms with Gasteiger partial charge in [-0.3, -0.25) is 4.79 Å². The van der Waals surface area contributed by atoms with Gasteiger partial charge >= 0.3 is 0 Å². The molecule has 0 aromatic heterocycles. The van der Waals surface area contributed by atoms with E-state index in [1.54, 1.807) is 6.07 Å². The summed E-state index contributed by atoms with van der Waals surface area (Å²) in [5, 5.41) is 10.7. The van der Waals surface area contributed by atoms with Crippen LogP contribution >= 0.6 is 0 Å². The van der Waals surface area contributed by atoms with Crippen LogP contribution in [0.15, 0.2) is 0 Å². The smallest absolute Gasteiger partial charge is 0.234 e. The lowest BCUT2D eigenvalue weighted by Crippen LogP contribution is -2.48. The number of hydrogen-bond acceptors (Lipinski definition) is 3. The summed E-state index contributed by atoms with van der Waals surface area (Å²) in [6.07, 6.45) is -0.0590. The van der Waals surface area contributed by atoms with E-state index in [2.05, 4.69) is 5.32 Å². The van der Waals surface area contributed by atoms with E-state index in [0.29, 0.717) is 13.2 Å². The molecule has 0 unspecified atom stereocenters. The minimum Gasteiger partial charge on any atom is -0.377 e. The fourth-order valence-corrected chi connectivity index (χ4v) is 0.670. The van der Waals surface area contributed by atoms with Gasteiger partial charge in [-0.2, -0.15) is 5.26 Å². The van der Waals surface area contributed by atoms with Crippen LogP contribution in [-0.2, 0) is 9.53 Å². The van der Waals surface area contributed by atoms with Crippen molar-refractivity contribution in [2.24, 2.45) is 0 Å². The van der Waals surface area contributed by atoms with Crippen molar-refractivity contribution in [2.45, 2.75) is 12.5 Å². The first-order valence-corrected chi connectivity index (χ1v) is 3.07. The molecule has 0 aliphatic carbocycles. The van der Waals surface area contributed by atoms with Crippen LogP contribution in [0.25, 0.3) is 0 Å². The zero-order valence-corrected chi connectivity index (χ0v) is 5.46. The summed E-state index contributed by atoms with van der Waals surface area (Å²) in [7, 11) is 0. The molecule has 1 N–H and O–H groups in total. The number of carbonyl (C=O) groups excluding carboxylic acids is 1. The Morgan fingerprint density at radius 1 is 1.80 bits per heavy atom. The van der Waals surface area contributed by atoms with Crippen molar-refractivity contribution < 1.29 is 9.53 Å². The molecular weight excluding hydrogens is 132 g/mol. The second kappa shape index (κ2) is 3.18. The lowest BCUT2D eigenvalue weighted by molar-refractivity contribution is -0.124. The van der Waals surface area contributed by atoms with Gasteiger partial charge in [-0.25, -0.2) is 0 Å². The largest absolute Gasteiger partial charge is 0.377 e. The number of nitrogens with zero attached hydrogens (tertiary/aromatic N) is 1. The van der Waals surface area contributed by atoms with Crippen molar-refractivity contribution in [3.63, 3.8) is 0 Å². The molecule has 0 spiro atoms. The molecule has 0 bridgehead atoms. The third kappa shape index (κ3) is 1.71. The van der Waals surface area contributed by atoms with Gasteiger partial charge in [-0.15, -0.1) is 0 Å². The average Bonchev–Trinajstić information content (AvgIpc) is 1.80. The molecule has 4 heteroatoms. The Hall–Kier alpha value is -1.08. The van der Waals surface area contributed by atoms with E-state index in [4.69, 9.17) is 10.00 Å². The minimum absolute atomic E-state index is 0.0590. The maximum atomic E-state index is 10.7. The zero-order valence-electron chi connectivity index (χ0n) is 5.46. The molecule has 1 aliphatic heterocycles. The van der Waals surface area contributed by atoms with Crippen molar-refractivity contribution in [1.29, 1.82) is 5.26 Å². The Balaban J connectivity index is 2.12. The molecule has 54 valence electrons. The summed E-state index contributed by atoms with van der Waals surface area (Å²) < 4.78 is 4.82. The van der Waals surface area contributed by atoms with E-state index in [0.717, 1.165) is 0 Å². The number of hydrogen-bond donors (Lipinski definition) is 1. The summed E-state index contributed by atoms with van der Waals surface area (Å²) in [6, 6.07) is 1.91. The quantitative estimate of drug-likeness (QED) is 0.558. The molecule has 0 atom stereocenters. The van der Waals surface area contributed by atoms with E-state index in [1.807, 2.05) is 0 Å². The molecule has 10 heavy (non-hydrogen) atoms. The minimum atomic E-state index is -0.212.